The van der Waals surface area contributed by atoms with Gasteiger partial charge in [0.25, 0.3) is 0 Å². The Hall–Kier alpha value is -1.11. The van der Waals surface area contributed by atoms with Crippen LogP contribution >= 0.6 is 0 Å². The number of carbonyl (C=O) groups is 1. The summed E-state index contributed by atoms with van der Waals surface area (Å²) in [4.78, 5) is 12.9. The molecule has 2 saturated carbocycles. The van der Waals surface area contributed by atoms with Crippen LogP contribution in [0.2, 0.25) is 0 Å². The molecule has 0 bridgehead atoms. The third-order valence-electron chi connectivity index (χ3n) is 6.46. The van der Waals surface area contributed by atoms with Gasteiger partial charge in [0.2, 0.25) is 0 Å². The fraction of sp³-hybridized carbons (Fsp3) is 0.708. The lowest BCUT2D eigenvalue weighted by molar-refractivity contribution is -0.125. The Morgan fingerprint density at radius 1 is 1.12 bits per heavy atom. The maximum Gasteiger partial charge on any atom is 0.139 e. The van der Waals surface area contributed by atoms with Crippen molar-refractivity contribution in [3.63, 3.8) is 0 Å². The predicted molar refractivity (Wildman–Crippen MR) is 106 cm³/mol. The largest absolute Gasteiger partial charge is 0.299 e. The highest BCUT2D eigenvalue weighted by Gasteiger charge is 2.50. The Kier molecular flexibility index (Phi) is 4.67. The van der Waals surface area contributed by atoms with Gasteiger partial charge in [0, 0.05) is 11.8 Å². The van der Waals surface area contributed by atoms with E-state index in [-0.39, 0.29) is 10.8 Å². The van der Waals surface area contributed by atoms with Crippen molar-refractivity contribution in [2.75, 3.05) is 0 Å². The quantitative estimate of drug-likeness (QED) is 0.478. The van der Waals surface area contributed by atoms with Gasteiger partial charge in [-0.3, -0.25) is 4.79 Å². The van der Waals surface area contributed by atoms with Crippen molar-refractivity contribution in [3.05, 3.63) is 34.4 Å². The van der Waals surface area contributed by atoms with E-state index >= 15 is 0 Å². The molecule has 2 fully saturated rings. The smallest absolute Gasteiger partial charge is 0.139 e. The second-order valence-electron chi connectivity index (χ2n) is 10.6. The average Bonchev–Trinajstić information content (AvgIpc) is 3.12. The van der Waals surface area contributed by atoms with Crippen LogP contribution in [0.4, 0.5) is 0 Å². The number of rotatable bonds is 6. The molecule has 138 valence electrons. The van der Waals surface area contributed by atoms with Crippen molar-refractivity contribution in [1.82, 2.24) is 0 Å². The lowest BCUT2D eigenvalue weighted by atomic mass is 9.57. The number of hydrogen-bond donors (Lipinski definition) is 0. The topological polar surface area (TPSA) is 17.1 Å². The van der Waals surface area contributed by atoms with Gasteiger partial charge < -0.3 is 0 Å². The maximum atomic E-state index is 12.9. The molecule has 0 atom stereocenters. The van der Waals surface area contributed by atoms with Crippen LogP contribution in [-0.2, 0) is 4.79 Å². The third-order valence-corrected chi connectivity index (χ3v) is 6.46. The molecule has 0 unspecified atom stereocenters. The molecule has 0 aliphatic heterocycles. The minimum Gasteiger partial charge on any atom is -0.299 e. The molecule has 1 heteroatoms. The van der Waals surface area contributed by atoms with Gasteiger partial charge in [-0.2, -0.15) is 0 Å². The molecule has 3 rings (SSSR count). The van der Waals surface area contributed by atoms with Crippen LogP contribution in [0.1, 0.15) is 92.9 Å². The number of hydrogen-bond acceptors (Lipinski definition) is 1. The van der Waals surface area contributed by atoms with Crippen LogP contribution in [0.3, 0.4) is 0 Å². The predicted octanol–water partition coefficient (Wildman–Crippen LogP) is 6.95. The molecule has 0 N–H and O–H groups in total. The van der Waals surface area contributed by atoms with Gasteiger partial charge in [0.15, 0.2) is 0 Å². The fourth-order valence-corrected chi connectivity index (χ4v) is 4.50. The van der Waals surface area contributed by atoms with E-state index in [0.29, 0.717) is 17.6 Å². The molecule has 3 aliphatic carbocycles. The Morgan fingerprint density at radius 3 is 2.12 bits per heavy atom. The summed E-state index contributed by atoms with van der Waals surface area (Å²) in [6, 6.07) is 0. The summed E-state index contributed by atoms with van der Waals surface area (Å²) in [7, 11) is 0. The average molecular weight is 341 g/mol. The Bertz CT molecular complexity index is 651. The van der Waals surface area contributed by atoms with E-state index in [0.717, 1.165) is 19.3 Å². The Morgan fingerprint density at radius 2 is 1.72 bits per heavy atom. The first-order valence-corrected chi connectivity index (χ1v) is 10.1. The first-order valence-electron chi connectivity index (χ1n) is 10.1. The van der Waals surface area contributed by atoms with E-state index in [1.165, 1.54) is 42.4 Å². The van der Waals surface area contributed by atoms with E-state index in [1.807, 2.05) is 0 Å². The molecule has 1 nitrogen and oxygen atoms in total. The molecule has 0 amide bonds. The molecular formula is C24H36O. The van der Waals surface area contributed by atoms with Crippen molar-refractivity contribution in [2.45, 2.75) is 92.9 Å². The molecule has 0 aromatic heterocycles. The van der Waals surface area contributed by atoms with Crippen LogP contribution in [0.15, 0.2) is 34.4 Å². The number of allylic oxidation sites excluding steroid dienone is 6. The van der Waals surface area contributed by atoms with Crippen molar-refractivity contribution in [2.24, 2.45) is 16.2 Å². The van der Waals surface area contributed by atoms with E-state index in [9.17, 15) is 4.79 Å². The van der Waals surface area contributed by atoms with E-state index in [1.54, 1.807) is 5.57 Å². The first-order chi connectivity index (χ1) is 11.5. The Balaban J connectivity index is 1.80. The molecule has 25 heavy (non-hydrogen) atoms. The fourth-order valence-electron chi connectivity index (χ4n) is 4.50. The SMILES string of the molecule is CC(C)=C/C(CC1(C(=O)CC(C)(C)C)CC1)=C(\C)C1=CC2(CCC2)C1. The zero-order valence-electron chi connectivity index (χ0n) is 17.2. The summed E-state index contributed by atoms with van der Waals surface area (Å²) in [5, 5.41) is 0. The Labute approximate surface area is 154 Å². The van der Waals surface area contributed by atoms with E-state index in [4.69, 9.17) is 0 Å². The van der Waals surface area contributed by atoms with Crippen molar-refractivity contribution >= 4 is 5.78 Å². The summed E-state index contributed by atoms with van der Waals surface area (Å²) in [6.07, 6.45) is 14.1. The van der Waals surface area contributed by atoms with Gasteiger partial charge >= 0.3 is 0 Å². The molecule has 1 spiro atoms. The van der Waals surface area contributed by atoms with Gasteiger partial charge in [0.05, 0.1) is 0 Å². The zero-order valence-corrected chi connectivity index (χ0v) is 17.2. The molecule has 0 aromatic carbocycles. The first kappa shape index (κ1) is 18.7. The third kappa shape index (κ3) is 4.01. The van der Waals surface area contributed by atoms with Crippen molar-refractivity contribution < 1.29 is 4.79 Å². The minimum absolute atomic E-state index is 0.0612. The van der Waals surface area contributed by atoms with Crippen LogP contribution in [0.5, 0.6) is 0 Å². The normalized spacial score (nSPS) is 23.8. The van der Waals surface area contributed by atoms with Gasteiger partial charge in [-0.15, -0.1) is 0 Å². The second-order valence-corrected chi connectivity index (χ2v) is 10.6. The molecule has 0 radical (unpaired) electrons. The molecular weight excluding hydrogens is 304 g/mol. The molecule has 0 saturated heterocycles. The lowest BCUT2D eigenvalue weighted by Gasteiger charge is -2.48. The van der Waals surface area contributed by atoms with Crippen LogP contribution < -0.4 is 0 Å². The number of ketones is 1. The van der Waals surface area contributed by atoms with Crippen LogP contribution in [-0.4, -0.2) is 5.78 Å². The highest BCUT2D eigenvalue weighted by atomic mass is 16.1. The number of carbonyl (C=O) groups excluding carboxylic acids is 1. The molecule has 3 aliphatic rings. The van der Waals surface area contributed by atoms with E-state index in [2.05, 4.69) is 53.7 Å². The second kappa shape index (κ2) is 6.25. The van der Waals surface area contributed by atoms with Gasteiger partial charge in [-0.1, -0.05) is 44.9 Å². The van der Waals surface area contributed by atoms with Crippen LogP contribution in [0.25, 0.3) is 0 Å². The monoisotopic (exact) mass is 340 g/mol. The minimum atomic E-state index is -0.0612. The highest BCUT2D eigenvalue weighted by Crippen LogP contribution is 2.57. The summed E-state index contributed by atoms with van der Waals surface area (Å²) in [5.41, 5.74) is 6.35. The van der Waals surface area contributed by atoms with Crippen LogP contribution in [0, 0.1) is 16.2 Å². The summed E-state index contributed by atoms with van der Waals surface area (Å²) in [5.74, 6) is 0.491. The lowest BCUT2D eigenvalue weighted by Crippen LogP contribution is -2.34. The van der Waals surface area contributed by atoms with Gasteiger partial charge in [0.1, 0.15) is 5.78 Å². The van der Waals surface area contributed by atoms with Crippen molar-refractivity contribution in [1.29, 1.82) is 0 Å². The zero-order chi connectivity index (χ0) is 18.5. The van der Waals surface area contributed by atoms with Crippen molar-refractivity contribution in [3.8, 4) is 0 Å². The molecule has 0 aromatic rings. The maximum absolute atomic E-state index is 12.9. The number of Topliss-reactive ketones (excluding diaryl/α,β-unsaturated/α-hetero) is 1. The summed E-state index contributed by atoms with van der Waals surface area (Å²) in [6.45, 7) is 13.2. The standard InChI is InChI=1S/C24H36O/c1-17(2)12-19(18(3)20-13-23(14-20)8-7-9-23)15-24(10-11-24)21(25)16-22(4,5)6/h12-13H,7-11,14-16H2,1-6H3/b19-18-. The van der Waals surface area contributed by atoms with Gasteiger partial charge in [-0.05, 0) is 86.8 Å². The molecule has 0 heterocycles. The highest BCUT2D eigenvalue weighted by molar-refractivity contribution is 5.88. The van der Waals surface area contributed by atoms with E-state index < -0.39 is 0 Å². The summed E-state index contributed by atoms with van der Waals surface area (Å²) < 4.78 is 0. The summed E-state index contributed by atoms with van der Waals surface area (Å²) >= 11 is 0. The van der Waals surface area contributed by atoms with Gasteiger partial charge in [-0.25, -0.2) is 0 Å².